The topological polar surface area (TPSA) is 77.5 Å². The molecule has 31 heavy (non-hydrogen) atoms. The summed E-state index contributed by atoms with van der Waals surface area (Å²) in [6, 6.07) is 6.84. The Labute approximate surface area is 186 Å². The van der Waals surface area contributed by atoms with Crippen molar-refractivity contribution >= 4 is 5.71 Å². The fourth-order valence-corrected chi connectivity index (χ4v) is 3.87. The molecule has 0 radical (unpaired) electrons. The molecule has 1 unspecified atom stereocenters. The van der Waals surface area contributed by atoms with Gasteiger partial charge in [0.15, 0.2) is 0 Å². The molecule has 6 heteroatoms. The van der Waals surface area contributed by atoms with Crippen LogP contribution in [0.2, 0.25) is 0 Å². The molecule has 1 aromatic heterocycles. The average molecular weight is 424 g/mol. The van der Waals surface area contributed by atoms with E-state index in [2.05, 4.69) is 49.4 Å². The van der Waals surface area contributed by atoms with Crippen LogP contribution in [0.1, 0.15) is 43.7 Å². The molecule has 0 amide bonds. The van der Waals surface area contributed by atoms with Gasteiger partial charge in [-0.3, -0.25) is 9.67 Å². The van der Waals surface area contributed by atoms with Gasteiger partial charge in [0.1, 0.15) is 0 Å². The van der Waals surface area contributed by atoms with Gasteiger partial charge in [0, 0.05) is 61.9 Å². The normalized spacial score (nSPS) is 21.7. The van der Waals surface area contributed by atoms with E-state index >= 15 is 0 Å². The highest BCUT2D eigenvalue weighted by molar-refractivity contribution is 6.02. The smallest absolute Gasteiger partial charge is 0.0758 e. The first-order valence-corrected chi connectivity index (χ1v) is 11.4. The van der Waals surface area contributed by atoms with Crippen LogP contribution in [0.25, 0.3) is 11.1 Å². The highest BCUT2D eigenvalue weighted by atomic mass is 16.5. The van der Waals surface area contributed by atoms with Crippen LogP contribution in [0.4, 0.5) is 0 Å². The maximum atomic E-state index is 6.15. The van der Waals surface area contributed by atoms with Crippen molar-refractivity contribution in [3.05, 3.63) is 53.0 Å². The predicted octanol–water partition coefficient (Wildman–Crippen LogP) is 3.93. The van der Waals surface area contributed by atoms with Crippen molar-refractivity contribution in [3.63, 3.8) is 0 Å². The number of nitrogens with one attached hydrogen (secondary N) is 1. The van der Waals surface area contributed by atoms with Gasteiger partial charge in [-0.05, 0) is 43.4 Å². The first-order chi connectivity index (χ1) is 15.0. The number of aromatic nitrogens is 2. The molecular weight excluding hydrogens is 386 g/mol. The fourth-order valence-electron chi connectivity index (χ4n) is 3.87. The number of nitrogens with two attached hydrogens (primary N) is 1. The summed E-state index contributed by atoms with van der Waals surface area (Å²) in [6.45, 7) is 9.93. The zero-order valence-corrected chi connectivity index (χ0v) is 19.4. The Morgan fingerprint density at radius 2 is 2.13 bits per heavy atom. The van der Waals surface area contributed by atoms with E-state index in [9.17, 15) is 0 Å². The molecule has 4 rings (SSSR count). The minimum absolute atomic E-state index is 0.354. The summed E-state index contributed by atoms with van der Waals surface area (Å²) in [4.78, 5) is 4.83. The van der Waals surface area contributed by atoms with Gasteiger partial charge in [0.2, 0.25) is 0 Å². The second kappa shape index (κ2) is 11.3. The summed E-state index contributed by atoms with van der Waals surface area (Å²) in [7, 11) is 1.94. The van der Waals surface area contributed by atoms with Gasteiger partial charge in [-0.2, -0.15) is 5.10 Å². The van der Waals surface area contributed by atoms with Gasteiger partial charge in [0.25, 0.3) is 0 Å². The monoisotopic (exact) mass is 423 g/mol. The van der Waals surface area contributed by atoms with Crippen LogP contribution < -0.4 is 11.1 Å². The summed E-state index contributed by atoms with van der Waals surface area (Å²) in [5.41, 5.74) is 14.7. The van der Waals surface area contributed by atoms with Crippen LogP contribution in [-0.2, 0) is 11.8 Å². The molecule has 6 nitrogen and oxygen atoms in total. The number of hydrogen-bond donors (Lipinski definition) is 2. The van der Waals surface area contributed by atoms with E-state index in [0.717, 1.165) is 57.7 Å². The van der Waals surface area contributed by atoms with Gasteiger partial charge < -0.3 is 15.8 Å². The quantitative estimate of drug-likeness (QED) is 0.781. The Balaban J connectivity index is 0.000000179. The SMILES string of the molecule is CCC/C(N)=C1\CNCCC1=NC1CCOC1.Cc1ccc(-c2cnn(C)c2)cc1C. The summed E-state index contributed by atoms with van der Waals surface area (Å²) in [5, 5.41) is 7.54. The van der Waals surface area contributed by atoms with E-state index in [1.807, 2.05) is 24.1 Å². The third-order valence-electron chi connectivity index (χ3n) is 5.88. The molecule has 3 N–H and O–H groups in total. The van der Waals surface area contributed by atoms with Crippen molar-refractivity contribution in [2.24, 2.45) is 17.8 Å². The maximum absolute atomic E-state index is 6.15. The van der Waals surface area contributed by atoms with Crippen molar-refractivity contribution < 1.29 is 4.74 Å². The number of piperidine rings is 1. The van der Waals surface area contributed by atoms with E-state index in [1.54, 1.807) is 0 Å². The molecule has 1 atom stereocenters. The summed E-state index contributed by atoms with van der Waals surface area (Å²) < 4.78 is 7.20. The Hall–Kier alpha value is -2.44. The van der Waals surface area contributed by atoms with Crippen LogP contribution in [0.5, 0.6) is 0 Å². The first-order valence-electron chi connectivity index (χ1n) is 11.4. The number of benzene rings is 1. The second-order valence-corrected chi connectivity index (χ2v) is 8.48. The molecule has 0 aliphatic carbocycles. The summed E-state index contributed by atoms with van der Waals surface area (Å²) in [6.07, 6.45) is 8.04. The van der Waals surface area contributed by atoms with Crippen molar-refractivity contribution in [2.45, 2.75) is 52.5 Å². The number of aryl methyl sites for hydroxylation is 3. The van der Waals surface area contributed by atoms with Crippen molar-refractivity contribution in [3.8, 4) is 11.1 Å². The molecule has 2 aliphatic rings. The Morgan fingerprint density at radius 3 is 2.77 bits per heavy atom. The Kier molecular flexibility index (Phi) is 8.43. The maximum Gasteiger partial charge on any atom is 0.0758 e. The minimum atomic E-state index is 0.354. The highest BCUT2D eigenvalue weighted by Crippen LogP contribution is 2.21. The third-order valence-corrected chi connectivity index (χ3v) is 5.88. The van der Waals surface area contributed by atoms with Crippen LogP contribution in [0.3, 0.4) is 0 Å². The molecule has 2 aromatic rings. The predicted molar refractivity (Wildman–Crippen MR) is 128 cm³/mol. The van der Waals surface area contributed by atoms with Crippen LogP contribution in [0.15, 0.2) is 46.9 Å². The molecule has 0 bridgehead atoms. The second-order valence-electron chi connectivity index (χ2n) is 8.48. The highest BCUT2D eigenvalue weighted by Gasteiger charge is 2.20. The van der Waals surface area contributed by atoms with Gasteiger partial charge >= 0.3 is 0 Å². The van der Waals surface area contributed by atoms with Crippen molar-refractivity contribution in [1.29, 1.82) is 0 Å². The van der Waals surface area contributed by atoms with Gasteiger partial charge in [0.05, 0.1) is 18.8 Å². The lowest BCUT2D eigenvalue weighted by Crippen LogP contribution is -2.33. The largest absolute Gasteiger partial charge is 0.402 e. The molecule has 3 heterocycles. The lowest BCUT2D eigenvalue weighted by molar-refractivity contribution is 0.194. The molecule has 1 aromatic carbocycles. The molecule has 2 fully saturated rings. The van der Waals surface area contributed by atoms with E-state index in [0.29, 0.717) is 6.04 Å². The van der Waals surface area contributed by atoms with Crippen LogP contribution in [-0.4, -0.2) is 47.8 Å². The molecular formula is C25H37N5O. The van der Waals surface area contributed by atoms with E-state index < -0.39 is 0 Å². The molecule has 0 spiro atoms. The number of nitrogens with zero attached hydrogens (tertiary/aromatic N) is 3. The van der Waals surface area contributed by atoms with Crippen LogP contribution in [0, 0.1) is 13.8 Å². The number of allylic oxidation sites excluding steroid dienone is 1. The lowest BCUT2D eigenvalue weighted by atomic mass is 9.99. The Morgan fingerprint density at radius 1 is 1.29 bits per heavy atom. The van der Waals surface area contributed by atoms with E-state index in [-0.39, 0.29) is 0 Å². The molecule has 2 aliphatic heterocycles. The van der Waals surface area contributed by atoms with Crippen molar-refractivity contribution in [1.82, 2.24) is 15.1 Å². The summed E-state index contributed by atoms with van der Waals surface area (Å²) in [5.74, 6) is 0. The standard InChI is InChI=1S/C13H23N3O.C12H14N2/c1-2-3-12(14)11-8-15-6-4-13(11)16-10-5-7-17-9-10;1-9-4-5-11(6-10(9)2)12-7-13-14(3)8-12/h10,15H,2-9,14H2,1H3;4-8H,1-3H3/b12-11-,16-13?;. The zero-order valence-electron chi connectivity index (χ0n) is 19.4. The van der Waals surface area contributed by atoms with Crippen LogP contribution >= 0.6 is 0 Å². The number of hydrogen-bond acceptors (Lipinski definition) is 5. The van der Waals surface area contributed by atoms with Gasteiger partial charge in [-0.1, -0.05) is 31.5 Å². The fraction of sp³-hybridized carbons (Fsp3) is 0.520. The summed E-state index contributed by atoms with van der Waals surface area (Å²) >= 11 is 0. The first kappa shape index (κ1) is 23.2. The van der Waals surface area contributed by atoms with Gasteiger partial charge in [-0.15, -0.1) is 0 Å². The van der Waals surface area contributed by atoms with Gasteiger partial charge in [-0.25, -0.2) is 0 Å². The number of rotatable bonds is 4. The average Bonchev–Trinajstić information content (AvgIpc) is 3.43. The molecule has 0 saturated carbocycles. The Bertz CT molecular complexity index is 922. The molecule has 168 valence electrons. The van der Waals surface area contributed by atoms with E-state index in [4.69, 9.17) is 15.5 Å². The number of aliphatic imine (C=N–C) groups is 1. The molecule has 2 saturated heterocycles. The minimum Gasteiger partial charge on any atom is -0.402 e. The van der Waals surface area contributed by atoms with E-state index in [1.165, 1.54) is 33.5 Å². The van der Waals surface area contributed by atoms with Crippen molar-refractivity contribution in [2.75, 3.05) is 26.3 Å². The lowest BCUT2D eigenvalue weighted by Gasteiger charge is -2.21. The third kappa shape index (κ3) is 6.52. The zero-order chi connectivity index (χ0) is 22.2. The number of ether oxygens (including phenoxy) is 1.